The summed E-state index contributed by atoms with van der Waals surface area (Å²) in [6.07, 6.45) is 0. The second kappa shape index (κ2) is 3.41. The predicted molar refractivity (Wildman–Crippen MR) is 61.3 cm³/mol. The van der Waals surface area contributed by atoms with E-state index < -0.39 is 0 Å². The number of carbonyl (C=O) groups is 1. The number of benzene rings is 1. The summed E-state index contributed by atoms with van der Waals surface area (Å²) < 4.78 is 0. The third-order valence-corrected chi connectivity index (χ3v) is 3.70. The van der Waals surface area contributed by atoms with E-state index in [1.165, 1.54) is 11.8 Å². The summed E-state index contributed by atoms with van der Waals surface area (Å²) in [5.74, 6) is 0.861. The lowest BCUT2D eigenvalue weighted by atomic mass is 10.0. The maximum absolute atomic E-state index is 11.2. The highest BCUT2D eigenvalue weighted by molar-refractivity contribution is 8.15. The molecule has 1 amide bonds. The number of carbonyl (C=O) groups excluding carboxylic acids is 1. The number of amides is 1. The Balaban J connectivity index is 1.94. The van der Waals surface area contributed by atoms with E-state index in [1.54, 1.807) is 12.1 Å². The van der Waals surface area contributed by atoms with Gasteiger partial charge in [-0.05, 0) is 6.07 Å². The summed E-state index contributed by atoms with van der Waals surface area (Å²) in [4.78, 5) is 11.2. The normalized spacial score (nSPS) is 27.0. The lowest BCUT2D eigenvalue weighted by Gasteiger charge is -2.16. The first-order valence-electron chi connectivity index (χ1n) is 4.84. The molecule has 5 nitrogen and oxygen atoms in total. The highest BCUT2D eigenvalue weighted by Gasteiger charge is 2.41. The molecule has 0 aliphatic carbocycles. The first-order valence-corrected chi connectivity index (χ1v) is 5.72. The Hall–Kier alpha value is -1.69. The van der Waals surface area contributed by atoms with E-state index in [4.69, 9.17) is 0 Å². The van der Waals surface area contributed by atoms with Crippen molar-refractivity contribution in [3.05, 3.63) is 29.8 Å². The van der Waals surface area contributed by atoms with Crippen LogP contribution < -0.4 is 10.7 Å². The molecule has 16 heavy (non-hydrogen) atoms. The molecule has 2 heterocycles. The quantitative estimate of drug-likeness (QED) is 0.683. The van der Waals surface area contributed by atoms with Gasteiger partial charge >= 0.3 is 0 Å². The second-order valence-corrected chi connectivity index (χ2v) is 4.73. The van der Waals surface area contributed by atoms with Crippen molar-refractivity contribution in [3.63, 3.8) is 0 Å². The van der Waals surface area contributed by atoms with Crippen LogP contribution in [0.3, 0.4) is 0 Å². The summed E-state index contributed by atoms with van der Waals surface area (Å²) in [6.45, 7) is 0. The Labute approximate surface area is 95.9 Å². The number of thioether (sulfide) groups is 1. The van der Waals surface area contributed by atoms with Crippen molar-refractivity contribution in [2.24, 2.45) is 5.10 Å². The number of hydrogen-bond donors (Lipinski definition) is 3. The number of rotatable bonds is 1. The van der Waals surface area contributed by atoms with Gasteiger partial charge in [0.25, 0.3) is 5.24 Å². The molecule has 6 heteroatoms. The number of hydrazone groups is 1. The van der Waals surface area contributed by atoms with E-state index in [1.807, 2.05) is 12.1 Å². The van der Waals surface area contributed by atoms with E-state index in [0.29, 0.717) is 5.84 Å². The first-order chi connectivity index (χ1) is 7.75. The maximum atomic E-state index is 11.2. The molecule has 3 N–H and O–H groups in total. The lowest BCUT2D eigenvalue weighted by molar-refractivity contribution is 0.265. The molecule has 0 saturated carbocycles. The predicted octanol–water partition coefficient (Wildman–Crippen LogP) is 1.18. The standard InChI is InChI=1S/C10H9N3O2S/c14-6-4-2-1-3-5(6)7-8-9(13-12-7)11-10(15)16-8/h1-4,7-8,12,14H,(H,11,13,15)/t7-,8+/m0/s1. The number of nitrogens with zero attached hydrogens (tertiary/aromatic N) is 1. The Morgan fingerprint density at radius 2 is 2.19 bits per heavy atom. The zero-order valence-electron chi connectivity index (χ0n) is 8.18. The van der Waals surface area contributed by atoms with Crippen LogP contribution in [-0.2, 0) is 0 Å². The minimum atomic E-state index is -0.153. The average molecular weight is 235 g/mol. The summed E-state index contributed by atoms with van der Waals surface area (Å²) in [6, 6.07) is 6.92. The Kier molecular flexibility index (Phi) is 2.03. The van der Waals surface area contributed by atoms with Crippen LogP contribution in [0.1, 0.15) is 11.6 Å². The van der Waals surface area contributed by atoms with Gasteiger partial charge in [0.2, 0.25) is 0 Å². The van der Waals surface area contributed by atoms with Gasteiger partial charge in [-0.25, -0.2) is 0 Å². The smallest absolute Gasteiger partial charge is 0.285 e. The van der Waals surface area contributed by atoms with E-state index in [9.17, 15) is 9.90 Å². The van der Waals surface area contributed by atoms with Crippen LogP contribution >= 0.6 is 11.8 Å². The van der Waals surface area contributed by atoms with Gasteiger partial charge in [-0.2, -0.15) is 5.10 Å². The minimum absolute atomic E-state index is 0.0687. The van der Waals surface area contributed by atoms with E-state index in [-0.39, 0.29) is 22.3 Å². The number of aromatic hydroxyl groups is 1. The summed E-state index contributed by atoms with van der Waals surface area (Å²) >= 11 is 1.19. The van der Waals surface area contributed by atoms with E-state index in [2.05, 4.69) is 15.8 Å². The van der Waals surface area contributed by atoms with Crippen LogP contribution in [-0.4, -0.2) is 21.4 Å². The van der Waals surface area contributed by atoms with Crippen molar-refractivity contribution in [2.75, 3.05) is 0 Å². The number of hydrogen-bond acceptors (Lipinski definition) is 5. The summed E-state index contributed by atoms with van der Waals surface area (Å²) in [5, 5.41) is 16.3. The number of amidine groups is 1. The van der Waals surface area contributed by atoms with Gasteiger partial charge in [0, 0.05) is 5.56 Å². The topological polar surface area (TPSA) is 73.7 Å². The lowest BCUT2D eigenvalue weighted by Crippen LogP contribution is -2.25. The molecule has 82 valence electrons. The highest BCUT2D eigenvalue weighted by Crippen LogP contribution is 2.37. The van der Waals surface area contributed by atoms with Crippen LogP contribution in [0, 0.1) is 0 Å². The molecule has 0 radical (unpaired) electrons. The number of phenolic OH excluding ortho intramolecular Hbond substituents is 1. The molecule has 1 fully saturated rings. The largest absolute Gasteiger partial charge is 0.508 e. The number of para-hydroxylation sites is 1. The molecule has 1 aromatic carbocycles. The fourth-order valence-corrected chi connectivity index (χ4v) is 2.84. The molecule has 3 rings (SSSR count). The number of phenols is 1. The Bertz CT molecular complexity index is 489. The third kappa shape index (κ3) is 1.34. The SMILES string of the molecule is O=C1NC2=NN[C@@H](c3ccccc3O)[C@H]2S1. The van der Waals surface area contributed by atoms with Crippen molar-refractivity contribution in [2.45, 2.75) is 11.3 Å². The van der Waals surface area contributed by atoms with Gasteiger partial charge in [0.15, 0.2) is 0 Å². The molecule has 0 bridgehead atoms. The molecule has 0 spiro atoms. The van der Waals surface area contributed by atoms with Crippen molar-refractivity contribution in [1.82, 2.24) is 10.7 Å². The molecule has 0 unspecified atom stereocenters. The van der Waals surface area contributed by atoms with Crippen LogP contribution in [0.25, 0.3) is 0 Å². The average Bonchev–Trinajstić information content (AvgIpc) is 2.78. The molecule has 2 aliphatic heterocycles. The van der Waals surface area contributed by atoms with Gasteiger partial charge < -0.3 is 10.4 Å². The zero-order chi connectivity index (χ0) is 11.1. The molecule has 0 aromatic heterocycles. The van der Waals surface area contributed by atoms with Gasteiger partial charge in [-0.3, -0.25) is 10.2 Å². The molecule has 2 atom stereocenters. The molecule has 2 aliphatic rings. The van der Waals surface area contributed by atoms with Crippen LogP contribution in [0.4, 0.5) is 4.79 Å². The molecule has 1 saturated heterocycles. The monoisotopic (exact) mass is 235 g/mol. The molecular formula is C10H9N3O2S. The van der Waals surface area contributed by atoms with Crippen LogP contribution in [0.2, 0.25) is 0 Å². The van der Waals surface area contributed by atoms with Crippen molar-refractivity contribution in [3.8, 4) is 5.75 Å². The highest BCUT2D eigenvalue weighted by atomic mass is 32.2. The fourth-order valence-electron chi connectivity index (χ4n) is 1.88. The van der Waals surface area contributed by atoms with Crippen molar-refractivity contribution >= 4 is 22.8 Å². The van der Waals surface area contributed by atoms with Crippen molar-refractivity contribution in [1.29, 1.82) is 0 Å². The van der Waals surface area contributed by atoms with Gasteiger partial charge in [0.1, 0.15) is 11.6 Å². The Morgan fingerprint density at radius 1 is 1.38 bits per heavy atom. The van der Waals surface area contributed by atoms with Crippen molar-refractivity contribution < 1.29 is 9.90 Å². The number of nitrogens with one attached hydrogen (secondary N) is 2. The van der Waals surface area contributed by atoms with Crippen LogP contribution in [0.15, 0.2) is 29.4 Å². The number of fused-ring (bicyclic) bond motifs is 1. The van der Waals surface area contributed by atoms with Gasteiger partial charge in [-0.1, -0.05) is 30.0 Å². The maximum Gasteiger partial charge on any atom is 0.285 e. The first kappa shape index (κ1) is 9.53. The molecular weight excluding hydrogens is 226 g/mol. The molecule has 1 aromatic rings. The van der Waals surface area contributed by atoms with E-state index in [0.717, 1.165) is 5.56 Å². The third-order valence-electron chi connectivity index (χ3n) is 2.63. The second-order valence-electron chi connectivity index (χ2n) is 3.61. The van der Waals surface area contributed by atoms with E-state index >= 15 is 0 Å². The summed E-state index contributed by atoms with van der Waals surface area (Å²) in [7, 11) is 0. The Morgan fingerprint density at radius 3 is 3.00 bits per heavy atom. The summed E-state index contributed by atoms with van der Waals surface area (Å²) in [5.41, 5.74) is 3.69. The van der Waals surface area contributed by atoms with Gasteiger partial charge in [-0.15, -0.1) is 0 Å². The minimum Gasteiger partial charge on any atom is -0.508 e. The van der Waals surface area contributed by atoms with Crippen LogP contribution in [0.5, 0.6) is 5.75 Å². The zero-order valence-corrected chi connectivity index (χ0v) is 8.99. The fraction of sp³-hybridized carbons (Fsp3) is 0.200. The van der Waals surface area contributed by atoms with Gasteiger partial charge in [0.05, 0.1) is 11.3 Å².